The van der Waals surface area contributed by atoms with E-state index in [2.05, 4.69) is 15.6 Å². The molecule has 6 heteroatoms. The summed E-state index contributed by atoms with van der Waals surface area (Å²) < 4.78 is 13.9. The number of H-pyrrole nitrogens is 1. The maximum atomic E-state index is 13.9. The maximum absolute atomic E-state index is 13.9. The van der Waals surface area contributed by atoms with Crippen LogP contribution in [0.15, 0.2) is 42.5 Å². The number of hydrogen-bond acceptors (Lipinski definition) is 2. The number of aromatic amines is 1. The number of halogens is 1. The van der Waals surface area contributed by atoms with Crippen LogP contribution in [0.3, 0.4) is 0 Å². The van der Waals surface area contributed by atoms with Gasteiger partial charge in [0.25, 0.3) is 5.91 Å². The van der Waals surface area contributed by atoms with Crippen LogP contribution < -0.4 is 10.6 Å². The smallest absolute Gasteiger partial charge is 0.272 e. The van der Waals surface area contributed by atoms with Gasteiger partial charge in [0.2, 0.25) is 5.91 Å². The van der Waals surface area contributed by atoms with E-state index < -0.39 is 0 Å². The lowest BCUT2D eigenvalue weighted by atomic mass is 10.1. The number of aryl methyl sites for hydroxylation is 2. The molecule has 3 N–H and O–H groups in total. The van der Waals surface area contributed by atoms with E-state index in [1.54, 1.807) is 19.2 Å². The number of anilines is 1. The number of fused-ring (bicyclic) bond motifs is 1. The first kappa shape index (κ1) is 18.6. The summed E-state index contributed by atoms with van der Waals surface area (Å²) in [7, 11) is 1.62. The van der Waals surface area contributed by atoms with Crippen LogP contribution in [0.1, 0.15) is 34.5 Å². The van der Waals surface area contributed by atoms with Crippen molar-refractivity contribution < 1.29 is 14.0 Å². The molecule has 2 amide bonds. The van der Waals surface area contributed by atoms with E-state index in [9.17, 15) is 14.0 Å². The van der Waals surface area contributed by atoms with Gasteiger partial charge in [-0.15, -0.1) is 0 Å². The van der Waals surface area contributed by atoms with Crippen molar-refractivity contribution in [2.45, 2.75) is 26.2 Å². The van der Waals surface area contributed by atoms with Crippen molar-refractivity contribution in [1.82, 2.24) is 10.3 Å². The molecule has 0 aliphatic rings. The molecule has 0 atom stereocenters. The SMILES string of the molecule is CNC(=O)CCCc1cccc(NC(=O)c2cc3c(F)ccc(C)c3[nH]2)c1. The van der Waals surface area contributed by atoms with Gasteiger partial charge in [-0.3, -0.25) is 9.59 Å². The first-order valence-corrected chi connectivity index (χ1v) is 8.86. The van der Waals surface area contributed by atoms with Crippen LogP contribution in [0.5, 0.6) is 0 Å². The van der Waals surface area contributed by atoms with Gasteiger partial charge in [-0.25, -0.2) is 4.39 Å². The average molecular weight is 367 g/mol. The molecule has 0 fully saturated rings. The minimum atomic E-state index is -0.357. The predicted molar refractivity (Wildman–Crippen MR) is 104 cm³/mol. The zero-order valence-electron chi connectivity index (χ0n) is 15.4. The Kier molecular flexibility index (Phi) is 5.54. The molecule has 0 radical (unpaired) electrons. The highest BCUT2D eigenvalue weighted by molar-refractivity contribution is 6.06. The molecule has 0 bridgehead atoms. The van der Waals surface area contributed by atoms with Gasteiger partial charge in [-0.2, -0.15) is 0 Å². The van der Waals surface area contributed by atoms with Crippen LogP contribution in [0.2, 0.25) is 0 Å². The van der Waals surface area contributed by atoms with Crippen LogP contribution >= 0.6 is 0 Å². The van der Waals surface area contributed by atoms with Crippen molar-refractivity contribution in [2.24, 2.45) is 0 Å². The largest absolute Gasteiger partial charge is 0.359 e. The van der Waals surface area contributed by atoms with Crippen molar-refractivity contribution in [3.05, 3.63) is 65.1 Å². The Morgan fingerprint density at radius 3 is 2.70 bits per heavy atom. The Morgan fingerprint density at radius 1 is 1.15 bits per heavy atom. The summed E-state index contributed by atoms with van der Waals surface area (Å²) in [4.78, 5) is 26.8. The summed E-state index contributed by atoms with van der Waals surface area (Å²) in [6.07, 6.45) is 1.94. The summed E-state index contributed by atoms with van der Waals surface area (Å²) in [5.41, 5.74) is 3.51. The average Bonchev–Trinajstić information content (AvgIpc) is 3.12. The fourth-order valence-corrected chi connectivity index (χ4v) is 3.03. The number of aromatic nitrogens is 1. The van der Waals surface area contributed by atoms with Gasteiger partial charge < -0.3 is 15.6 Å². The maximum Gasteiger partial charge on any atom is 0.272 e. The number of rotatable bonds is 6. The Hall–Kier alpha value is -3.15. The topological polar surface area (TPSA) is 74.0 Å². The molecule has 0 aliphatic heterocycles. The molecule has 3 aromatic rings. The van der Waals surface area contributed by atoms with Gasteiger partial charge in [0, 0.05) is 24.5 Å². The fourth-order valence-electron chi connectivity index (χ4n) is 3.03. The van der Waals surface area contributed by atoms with Gasteiger partial charge in [0.15, 0.2) is 0 Å². The Morgan fingerprint density at radius 2 is 1.96 bits per heavy atom. The Labute approximate surface area is 157 Å². The van der Waals surface area contributed by atoms with Gasteiger partial charge in [-0.05, 0) is 55.2 Å². The number of carbonyl (C=O) groups excluding carboxylic acids is 2. The highest BCUT2D eigenvalue weighted by Gasteiger charge is 2.13. The molecule has 0 aliphatic carbocycles. The minimum Gasteiger partial charge on any atom is -0.359 e. The molecule has 2 aromatic carbocycles. The summed E-state index contributed by atoms with van der Waals surface area (Å²) in [5, 5.41) is 5.84. The van der Waals surface area contributed by atoms with Crippen LogP contribution in [-0.4, -0.2) is 23.8 Å². The van der Waals surface area contributed by atoms with Crippen LogP contribution in [0.4, 0.5) is 10.1 Å². The molecule has 27 heavy (non-hydrogen) atoms. The van der Waals surface area contributed by atoms with Crippen molar-refractivity contribution in [2.75, 3.05) is 12.4 Å². The molecule has 0 saturated carbocycles. The van der Waals surface area contributed by atoms with Crippen LogP contribution in [0.25, 0.3) is 10.9 Å². The zero-order chi connectivity index (χ0) is 19.4. The summed E-state index contributed by atoms with van der Waals surface area (Å²) >= 11 is 0. The Balaban J connectivity index is 1.71. The van der Waals surface area contributed by atoms with E-state index in [0.29, 0.717) is 28.7 Å². The molecule has 3 rings (SSSR count). The van der Waals surface area contributed by atoms with Crippen molar-refractivity contribution >= 4 is 28.4 Å². The van der Waals surface area contributed by atoms with E-state index in [-0.39, 0.29) is 17.6 Å². The van der Waals surface area contributed by atoms with E-state index in [4.69, 9.17) is 0 Å². The third-order valence-electron chi connectivity index (χ3n) is 4.53. The molecular formula is C21H22FN3O2. The monoisotopic (exact) mass is 367 g/mol. The van der Waals surface area contributed by atoms with E-state index in [1.807, 2.05) is 25.1 Å². The van der Waals surface area contributed by atoms with E-state index >= 15 is 0 Å². The molecule has 0 spiro atoms. The predicted octanol–water partition coefficient (Wildman–Crippen LogP) is 3.94. The quantitative estimate of drug-likeness (QED) is 0.617. The lowest BCUT2D eigenvalue weighted by Crippen LogP contribution is -2.17. The van der Waals surface area contributed by atoms with Gasteiger partial charge in [-0.1, -0.05) is 18.2 Å². The molecule has 5 nitrogen and oxygen atoms in total. The highest BCUT2D eigenvalue weighted by Crippen LogP contribution is 2.23. The third-order valence-corrected chi connectivity index (χ3v) is 4.53. The van der Waals surface area contributed by atoms with Crippen molar-refractivity contribution in [3.63, 3.8) is 0 Å². The third kappa shape index (κ3) is 4.34. The second kappa shape index (κ2) is 8.03. The lowest BCUT2D eigenvalue weighted by molar-refractivity contribution is -0.120. The van der Waals surface area contributed by atoms with E-state index in [0.717, 1.165) is 24.0 Å². The van der Waals surface area contributed by atoms with Crippen LogP contribution in [0, 0.1) is 12.7 Å². The first-order chi connectivity index (χ1) is 13.0. The summed E-state index contributed by atoms with van der Waals surface area (Å²) in [6.45, 7) is 1.86. The molecule has 1 heterocycles. The first-order valence-electron chi connectivity index (χ1n) is 8.86. The molecule has 140 valence electrons. The van der Waals surface area contributed by atoms with Gasteiger partial charge >= 0.3 is 0 Å². The number of nitrogens with one attached hydrogen (secondary N) is 3. The minimum absolute atomic E-state index is 0.0146. The van der Waals surface area contributed by atoms with Gasteiger partial charge in [0.1, 0.15) is 11.5 Å². The summed E-state index contributed by atoms with van der Waals surface area (Å²) in [6, 6.07) is 12.1. The second-order valence-corrected chi connectivity index (χ2v) is 6.52. The second-order valence-electron chi connectivity index (χ2n) is 6.52. The number of amides is 2. The van der Waals surface area contributed by atoms with Crippen molar-refractivity contribution in [3.8, 4) is 0 Å². The highest BCUT2D eigenvalue weighted by atomic mass is 19.1. The molecule has 1 aromatic heterocycles. The summed E-state index contributed by atoms with van der Waals surface area (Å²) in [5.74, 6) is -0.669. The molecule has 0 saturated heterocycles. The van der Waals surface area contributed by atoms with E-state index in [1.165, 1.54) is 12.1 Å². The molecule has 0 unspecified atom stereocenters. The Bertz CT molecular complexity index is 955. The van der Waals surface area contributed by atoms with Gasteiger partial charge in [0.05, 0.1) is 5.52 Å². The van der Waals surface area contributed by atoms with Crippen LogP contribution in [-0.2, 0) is 11.2 Å². The number of benzene rings is 2. The van der Waals surface area contributed by atoms with Crippen molar-refractivity contribution in [1.29, 1.82) is 0 Å². The number of hydrogen-bond donors (Lipinski definition) is 3. The number of carbonyl (C=O) groups is 2. The fraction of sp³-hybridized carbons (Fsp3) is 0.238. The lowest BCUT2D eigenvalue weighted by Gasteiger charge is -2.07. The zero-order valence-corrected chi connectivity index (χ0v) is 15.4. The molecular weight excluding hydrogens is 345 g/mol. The standard InChI is InChI=1S/C21H22FN3O2/c1-13-9-10-17(22)16-12-18(25-20(13)16)21(27)24-15-7-3-5-14(11-15)6-4-8-19(26)23-2/h3,5,7,9-12,25H,4,6,8H2,1-2H3,(H,23,26)(H,24,27). The normalized spacial score (nSPS) is 10.8.